The second-order valence-corrected chi connectivity index (χ2v) is 7.67. The van der Waals surface area contributed by atoms with E-state index in [0.29, 0.717) is 17.0 Å². The molecule has 1 aliphatic rings. The van der Waals surface area contributed by atoms with Crippen LogP contribution in [0, 0.1) is 0 Å². The van der Waals surface area contributed by atoms with E-state index in [0.717, 1.165) is 43.0 Å². The number of rotatable bonds is 6. The predicted octanol–water partition coefficient (Wildman–Crippen LogP) is 2.51. The summed E-state index contributed by atoms with van der Waals surface area (Å²) >= 11 is 0. The Morgan fingerprint density at radius 3 is 2.52 bits per heavy atom. The molecule has 0 radical (unpaired) electrons. The normalized spacial score (nSPS) is 15.5. The number of H-pyrrole nitrogens is 1. The number of methoxy groups -OCH3 is 1. The predicted molar refractivity (Wildman–Crippen MR) is 120 cm³/mol. The molecule has 2 aromatic carbocycles. The van der Waals surface area contributed by atoms with Gasteiger partial charge in [0.05, 0.1) is 24.7 Å². The summed E-state index contributed by atoms with van der Waals surface area (Å²) in [5.74, 6) is 0.195. The Labute approximate surface area is 181 Å². The van der Waals surface area contributed by atoms with Crippen molar-refractivity contribution in [2.24, 2.45) is 0 Å². The van der Waals surface area contributed by atoms with Gasteiger partial charge in [0.15, 0.2) is 6.10 Å². The average molecular weight is 422 g/mol. The van der Waals surface area contributed by atoms with Crippen molar-refractivity contribution in [3.63, 3.8) is 0 Å². The van der Waals surface area contributed by atoms with Crippen LogP contribution >= 0.6 is 0 Å². The Hall–Kier alpha value is -3.36. The van der Waals surface area contributed by atoms with Crippen molar-refractivity contribution in [2.45, 2.75) is 6.10 Å². The van der Waals surface area contributed by atoms with Crippen molar-refractivity contribution in [1.82, 2.24) is 15.1 Å². The van der Waals surface area contributed by atoms with Crippen molar-refractivity contribution in [2.75, 3.05) is 50.6 Å². The van der Waals surface area contributed by atoms with Crippen LogP contribution in [0.2, 0.25) is 0 Å². The molecule has 3 aromatic rings. The van der Waals surface area contributed by atoms with Gasteiger partial charge in [0.1, 0.15) is 5.75 Å². The lowest BCUT2D eigenvalue weighted by molar-refractivity contribution is -0.124. The highest BCUT2D eigenvalue weighted by Gasteiger charge is 2.22. The van der Waals surface area contributed by atoms with Gasteiger partial charge < -0.3 is 25.0 Å². The lowest BCUT2D eigenvalue weighted by Crippen LogP contribution is -2.44. The quantitative estimate of drug-likeness (QED) is 0.566. The number of hydrogen-bond donors (Lipinski definition) is 3. The fourth-order valence-corrected chi connectivity index (χ4v) is 3.67. The van der Waals surface area contributed by atoms with E-state index in [1.54, 1.807) is 37.6 Å². The standard InChI is InChI=1S/C23H27N5O3/c1-27-9-11-28(12-10-27)21-13-17(18-14-24-25-15-18)5-8-20(21)26-23(30)22(29)16-3-6-19(31-2)7-4-16/h3-8,13-15,22,29H,9-12H2,1-2H3,(H,24,25)(H,26,30). The topological polar surface area (TPSA) is 93.7 Å². The molecule has 8 heteroatoms. The fraction of sp³-hybridized carbons (Fsp3) is 0.304. The van der Waals surface area contributed by atoms with E-state index in [1.165, 1.54) is 0 Å². The number of likely N-dealkylation sites (N-methyl/N-ethyl adjacent to an activating group) is 1. The Bertz CT molecular complexity index is 1010. The zero-order valence-electron chi connectivity index (χ0n) is 17.7. The van der Waals surface area contributed by atoms with Gasteiger partial charge >= 0.3 is 0 Å². The van der Waals surface area contributed by atoms with Gasteiger partial charge in [-0.25, -0.2) is 0 Å². The maximum absolute atomic E-state index is 12.8. The van der Waals surface area contributed by atoms with E-state index in [2.05, 4.69) is 38.4 Å². The molecule has 2 heterocycles. The number of nitrogens with one attached hydrogen (secondary N) is 2. The molecule has 1 aliphatic heterocycles. The van der Waals surface area contributed by atoms with Crippen LogP contribution < -0.4 is 15.0 Å². The molecule has 1 fully saturated rings. The number of nitrogens with zero attached hydrogens (tertiary/aromatic N) is 3. The van der Waals surface area contributed by atoms with E-state index in [1.807, 2.05) is 18.3 Å². The molecule has 0 bridgehead atoms. The first kappa shape index (κ1) is 20.9. The molecular weight excluding hydrogens is 394 g/mol. The number of hydrogen-bond acceptors (Lipinski definition) is 6. The molecule has 3 N–H and O–H groups in total. The first-order valence-electron chi connectivity index (χ1n) is 10.2. The minimum Gasteiger partial charge on any atom is -0.497 e. The molecule has 0 spiro atoms. The lowest BCUT2D eigenvalue weighted by Gasteiger charge is -2.35. The number of carbonyl (C=O) groups is 1. The number of carbonyl (C=O) groups excluding carboxylic acids is 1. The summed E-state index contributed by atoms with van der Waals surface area (Å²) < 4.78 is 5.14. The molecule has 1 unspecified atom stereocenters. The third-order valence-corrected chi connectivity index (χ3v) is 5.61. The highest BCUT2D eigenvalue weighted by molar-refractivity contribution is 5.98. The van der Waals surface area contributed by atoms with Crippen LogP contribution in [0.3, 0.4) is 0 Å². The van der Waals surface area contributed by atoms with E-state index in [9.17, 15) is 9.90 Å². The third-order valence-electron chi connectivity index (χ3n) is 5.61. The van der Waals surface area contributed by atoms with Crippen LogP contribution in [0.5, 0.6) is 5.75 Å². The molecule has 31 heavy (non-hydrogen) atoms. The summed E-state index contributed by atoms with van der Waals surface area (Å²) in [5.41, 5.74) is 4.11. The van der Waals surface area contributed by atoms with Gasteiger partial charge in [0, 0.05) is 37.9 Å². The summed E-state index contributed by atoms with van der Waals surface area (Å²) in [5, 5.41) is 20.4. The number of ether oxygens (including phenoxy) is 1. The largest absolute Gasteiger partial charge is 0.497 e. The Morgan fingerprint density at radius 1 is 1.13 bits per heavy atom. The van der Waals surface area contributed by atoms with Crippen molar-refractivity contribution in [3.8, 4) is 16.9 Å². The summed E-state index contributed by atoms with van der Waals surface area (Å²) in [6.45, 7) is 3.60. The van der Waals surface area contributed by atoms with E-state index in [-0.39, 0.29) is 0 Å². The van der Waals surface area contributed by atoms with Gasteiger partial charge in [-0.2, -0.15) is 5.10 Å². The lowest BCUT2D eigenvalue weighted by atomic mass is 10.1. The minimum atomic E-state index is -1.28. The number of benzene rings is 2. The van der Waals surface area contributed by atoms with Gasteiger partial charge in [-0.3, -0.25) is 9.89 Å². The van der Waals surface area contributed by atoms with Crippen LogP contribution in [0.25, 0.3) is 11.1 Å². The second kappa shape index (κ2) is 9.20. The van der Waals surface area contributed by atoms with Gasteiger partial charge in [-0.05, 0) is 42.4 Å². The molecule has 4 rings (SSSR count). The molecule has 162 valence electrons. The van der Waals surface area contributed by atoms with Gasteiger partial charge in [-0.15, -0.1) is 0 Å². The minimum absolute atomic E-state index is 0.475. The Balaban J connectivity index is 1.59. The van der Waals surface area contributed by atoms with Gasteiger partial charge in [0.2, 0.25) is 0 Å². The van der Waals surface area contributed by atoms with Crippen LogP contribution in [-0.4, -0.2) is 66.4 Å². The summed E-state index contributed by atoms with van der Waals surface area (Å²) in [6.07, 6.45) is 2.34. The molecule has 0 saturated carbocycles. The third kappa shape index (κ3) is 4.70. The molecule has 1 aromatic heterocycles. The Morgan fingerprint density at radius 2 is 1.87 bits per heavy atom. The van der Waals surface area contributed by atoms with E-state index < -0.39 is 12.0 Å². The fourth-order valence-electron chi connectivity index (χ4n) is 3.67. The molecule has 1 saturated heterocycles. The van der Waals surface area contributed by atoms with E-state index >= 15 is 0 Å². The summed E-state index contributed by atoms with van der Waals surface area (Å²) in [4.78, 5) is 17.4. The van der Waals surface area contributed by atoms with Crippen LogP contribution in [-0.2, 0) is 4.79 Å². The van der Waals surface area contributed by atoms with Gasteiger partial charge in [-0.1, -0.05) is 18.2 Å². The first-order chi connectivity index (χ1) is 15.0. The molecule has 1 amide bonds. The van der Waals surface area contributed by atoms with Crippen molar-refractivity contribution in [1.29, 1.82) is 0 Å². The molecule has 1 atom stereocenters. The van der Waals surface area contributed by atoms with E-state index in [4.69, 9.17) is 4.74 Å². The van der Waals surface area contributed by atoms with Crippen molar-refractivity contribution < 1.29 is 14.6 Å². The number of amides is 1. The zero-order chi connectivity index (χ0) is 21.8. The number of aromatic amines is 1. The average Bonchev–Trinajstić information content (AvgIpc) is 3.34. The highest BCUT2D eigenvalue weighted by atomic mass is 16.5. The first-order valence-corrected chi connectivity index (χ1v) is 10.2. The van der Waals surface area contributed by atoms with Crippen LogP contribution in [0.1, 0.15) is 11.7 Å². The van der Waals surface area contributed by atoms with Crippen molar-refractivity contribution >= 4 is 17.3 Å². The van der Waals surface area contributed by atoms with Gasteiger partial charge in [0.25, 0.3) is 5.91 Å². The van der Waals surface area contributed by atoms with Crippen LogP contribution in [0.4, 0.5) is 11.4 Å². The monoisotopic (exact) mass is 421 g/mol. The number of aliphatic hydroxyl groups is 1. The number of aliphatic hydroxyl groups excluding tert-OH is 1. The highest BCUT2D eigenvalue weighted by Crippen LogP contribution is 2.33. The number of piperazine rings is 1. The molecule has 0 aliphatic carbocycles. The number of anilines is 2. The zero-order valence-corrected chi connectivity index (χ0v) is 17.7. The Kier molecular flexibility index (Phi) is 6.20. The van der Waals surface area contributed by atoms with Crippen LogP contribution in [0.15, 0.2) is 54.9 Å². The summed E-state index contributed by atoms with van der Waals surface area (Å²) in [7, 11) is 3.68. The maximum Gasteiger partial charge on any atom is 0.257 e. The molecule has 8 nitrogen and oxygen atoms in total. The maximum atomic E-state index is 12.8. The molecular formula is C23H27N5O3. The number of aromatic nitrogens is 2. The van der Waals surface area contributed by atoms with Crippen molar-refractivity contribution in [3.05, 3.63) is 60.4 Å². The SMILES string of the molecule is COc1ccc(C(O)C(=O)Nc2ccc(-c3cn[nH]c3)cc2N2CCN(C)CC2)cc1. The second-order valence-electron chi connectivity index (χ2n) is 7.67. The smallest absolute Gasteiger partial charge is 0.257 e. The summed E-state index contributed by atoms with van der Waals surface area (Å²) in [6, 6.07) is 12.7.